The molecular formula is C29H43F3N4O6. The van der Waals surface area contributed by atoms with Crippen LogP contribution in [-0.4, -0.2) is 105 Å². The largest absolute Gasteiger partial charge is 0.475 e. The number of anilines is 2. The van der Waals surface area contributed by atoms with Crippen molar-refractivity contribution in [3.05, 3.63) is 35.9 Å². The van der Waals surface area contributed by atoms with Crippen LogP contribution in [0.5, 0.6) is 5.88 Å². The summed E-state index contributed by atoms with van der Waals surface area (Å²) in [5.41, 5.74) is 3.10. The summed E-state index contributed by atoms with van der Waals surface area (Å²) in [6.45, 7) is 8.36. The molecular weight excluding hydrogens is 557 g/mol. The maximum Gasteiger partial charge on any atom is 0.414 e. The van der Waals surface area contributed by atoms with Crippen LogP contribution in [0.3, 0.4) is 0 Å². The predicted molar refractivity (Wildman–Crippen MR) is 155 cm³/mol. The topological polar surface area (TPSA) is 117 Å². The van der Waals surface area contributed by atoms with Crippen molar-refractivity contribution < 1.29 is 42.4 Å². The van der Waals surface area contributed by atoms with E-state index >= 15 is 0 Å². The van der Waals surface area contributed by atoms with E-state index in [4.69, 9.17) is 19.3 Å². The highest BCUT2D eigenvalue weighted by Crippen LogP contribution is 2.33. The number of rotatable bonds is 7. The Hall–Kier alpha value is -3.13. The fourth-order valence-electron chi connectivity index (χ4n) is 4.57. The third-order valence-electron chi connectivity index (χ3n) is 6.75. The van der Waals surface area contributed by atoms with Crippen LogP contribution in [0.4, 0.5) is 29.5 Å². The molecule has 13 heteroatoms. The van der Waals surface area contributed by atoms with E-state index in [0.29, 0.717) is 50.1 Å². The summed E-state index contributed by atoms with van der Waals surface area (Å²) in [4.78, 5) is 20.9. The minimum atomic E-state index is -4.47. The SMILES string of the molecule is CC.CO.Cc1ccc(NC(=O)N(C)C2CCOC(C(F)(F)F)C2)cc1-c1cc(OCCO)nc(N2CCOCC2)c1. The van der Waals surface area contributed by atoms with Gasteiger partial charge >= 0.3 is 12.2 Å². The molecule has 2 atom stereocenters. The predicted octanol–water partition coefficient (Wildman–Crippen LogP) is 4.47. The highest BCUT2D eigenvalue weighted by Gasteiger charge is 2.45. The number of hydrogen-bond donors (Lipinski definition) is 3. The third-order valence-corrected chi connectivity index (χ3v) is 6.75. The number of aliphatic hydroxyl groups is 2. The molecule has 2 amide bonds. The van der Waals surface area contributed by atoms with Crippen molar-refractivity contribution in [3.63, 3.8) is 0 Å². The van der Waals surface area contributed by atoms with Crippen molar-refractivity contribution in [1.82, 2.24) is 9.88 Å². The number of nitrogens with zero attached hydrogens (tertiary/aromatic N) is 3. The number of aryl methyl sites for hydroxylation is 1. The van der Waals surface area contributed by atoms with Gasteiger partial charge in [-0.25, -0.2) is 4.79 Å². The molecule has 2 aliphatic rings. The summed E-state index contributed by atoms with van der Waals surface area (Å²) in [5.74, 6) is 1.08. The van der Waals surface area contributed by atoms with Gasteiger partial charge in [0, 0.05) is 58.1 Å². The zero-order valence-electron chi connectivity index (χ0n) is 24.9. The first-order valence-corrected chi connectivity index (χ1v) is 14.0. The molecule has 2 aromatic rings. The Kier molecular flexibility index (Phi) is 14.3. The van der Waals surface area contributed by atoms with Crippen LogP contribution in [0.1, 0.15) is 32.3 Å². The number of carbonyl (C=O) groups excluding carboxylic acids is 1. The number of aromatic nitrogens is 1. The summed E-state index contributed by atoms with van der Waals surface area (Å²) in [6, 6.07) is 8.06. The Morgan fingerprint density at radius 1 is 1.17 bits per heavy atom. The minimum Gasteiger partial charge on any atom is -0.475 e. The van der Waals surface area contributed by atoms with Crippen molar-refractivity contribution >= 4 is 17.5 Å². The number of aliphatic hydroxyl groups excluding tert-OH is 2. The summed E-state index contributed by atoms with van der Waals surface area (Å²) in [5, 5.41) is 19.0. The number of halogens is 3. The molecule has 2 aliphatic heterocycles. The van der Waals surface area contributed by atoms with E-state index in [1.165, 1.54) is 11.9 Å². The number of morpholine rings is 1. The molecule has 0 radical (unpaired) electrons. The number of ether oxygens (including phenoxy) is 3. The van der Waals surface area contributed by atoms with Gasteiger partial charge in [-0.15, -0.1) is 0 Å². The highest BCUT2D eigenvalue weighted by molar-refractivity contribution is 5.90. The molecule has 1 aromatic heterocycles. The van der Waals surface area contributed by atoms with E-state index in [2.05, 4.69) is 15.2 Å². The van der Waals surface area contributed by atoms with E-state index in [1.807, 2.05) is 39.0 Å². The summed E-state index contributed by atoms with van der Waals surface area (Å²) < 4.78 is 55.3. The summed E-state index contributed by atoms with van der Waals surface area (Å²) in [6.07, 6.45) is -6.32. The van der Waals surface area contributed by atoms with Gasteiger partial charge in [-0.05, 0) is 48.2 Å². The third kappa shape index (κ3) is 9.72. The second kappa shape index (κ2) is 17.1. The van der Waals surface area contributed by atoms with Gasteiger partial charge in [0.25, 0.3) is 0 Å². The van der Waals surface area contributed by atoms with Crippen LogP contribution in [-0.2, 0) is 9.47 Å². The summed E-state index contributed by atoms with van der Waals surface area (Å²) >= 11 is 0. The zero-order valence-corrected chi connectivity index (χ0v) is 24.9. The lowest BCUT2D eigenvalue weighted by atomic mass is 10.00. The first kappa shape index (κ1) is 35.1. The first-order valence-electron chi connectivity index (χ1n) is 14.0. The van der Waals surface area contributed by atoms with Gasteiger partial charge < -0.3 is 39.5 Å². The van der Waals surface area contributed by atoms with Crippen LogP contribution in [0.15, 0.2) is 30.3 Å². The maximum atomic E-state index is 13.1. The second-order valence-electron chi connectivity index (χ2n) is 9.37. The molecule has 3 heterocycles. The molecule has 4 rings (SSSR count). The molecule has 10 nitrogen and oxygen atoms in total. The average Bonchev–Trinajstić information content (AvgIpc) is 3.02. The Morgan fingerprint density at radius 2 is 1.86 bits per heavy atom. The fourth-order valence-corrected chi connectivity index (χ4v) is 4.57. The summed E-state index contributed by atoms with van der Waals surface area (Å²) in [7, 11) is 2.50. The van der Waals surface area contributed by atoms with Gasteiger partial charge in [0.1, 0.15) is 12.4 Å². The smallest absolute Gasteiger partial charge is 0.414 e. The Morgan fingerprint density at radius 3 is 2.50 bits per heavy atom. The lowest BCUT2D eigenvalue weighted by molar-refractivity contribution is -0.235. The molecule has 2 unspecified atom stereocenters. The van der Waals surface area contributed by atoms with Crippen LogP contribution >= 0.6 is 0 Å². The molecule has 236 valence electrons. The molecule has 3 N–H and O–H groups in total. The maximum absolute atomic E-state index is 13.1. The van der Waals surface area contributed by atoms with Gasteiger partial charge in [-0.3, -0.25) is 0 Å². The first-order chi connectivity index (χ1) is 20.2. The molecule has 42 heavy (non-hydrogen) atoms. The number of urea groups is 1. The normalized spacial score (nSPS) is 18.6. The van der Waals surface area contributed by atoms with Gasteiger partial charge in [-0.2, -0.15) is 18.2 Å². The van der Waals surface area contributed by atoms with Crippen molar-refractivity contribution in [2.75, 3.05) is 70.5 Å². The minimum absolute atomic E-state index is 0.0602. The fraction of sp³-hybridized carbons (Fsp3) is 0.586. The Balaban J connectivity index is 0.00000148. The lowest BCUT2D eigenvalue weighted by Crippen LogP contribution is -2.48. The molecule has 1 aromatic carbocycles. The van der Waals surface area contributed by atoms with Crippen LogP contribution < -0.4 is 15.0 Å². The van der Waals surface area contributed by atoms with Crippen LogP contribution in [0.25, 0.3) is 11.1 Å². The van der Waals surface area contributed by atoms with Gasteiger partial charge in [-0.1, -0.05) is 19.9 Å². The van der Waals surface area contributed by atoms with Gasteiger partial charge in [0.05, 0.1) is 19.8 Å². The van der Waals surface area contributed by atoms with E-state index in [1.54, 1.807) is 12.1 Å². The zero-order chi connectivity index (χ0) is 31.3. The number of carbonyl (C=O) groups is 1. The quantitative estimate of drug-likeness (QED) is 0.426. The van der Waals surface area contributed by atoms with E-state index in [9.17, 15) is 23.1 Å². The Bertz CT molecular complexity index is 1120. The highest BCUT2D eigenvalue weighted by atomic mass is 19.4. The lowest BCUT2D eigenvalue weighted by Gasteiger charge is -2.36. The monoisotopic (exact) mass is 600 g/mol. The van der Waals surface area contributed by atoms with Crippen molar-refractivity contribution in [1.29, 1.82) is 0 Å². The van der Waals surface area contributed by atoms with E-state index in [0.717, 1.165) is 23.8 Å². The van der Waals surface area contributed by atoms with Crippen molar-refractivity contribution in [2.24, 2.45) is 0 Å². The number of alkyl halides is 3. The van der Waals surface area contributed by atoms with Crippen molar-refractivity contribution in [3.8, 4) is 17.0 Å². The number of amides is 2. The van der Waals surface area contributed by atoms with Gasteiger partial charge in [0.15, 0.2) is 6.10 Å². The molecule has 0 saturated carbocycles. The number of benzene rings is 1. The van der Waals surface area contributed by atoms with Crippen LogP contribution in [0, 0.1) is 6.92 Å². The van der Waals surface area contributed by atoms with Gasteiger partial charge in [0.2, 0.25) is 5.88 Å². The van der Waals surface area contributed by atoms with E-state index < -0.39 is 24.4 Å². The number of hydrogen-bond acceptors (Lipinski definition) is 8. The van der Waals surface area contributed by atoms with Crippen LogP contribution in [0.2, 0.25) is 0 Å². The molecule has 2 fully saturated rings. The van der Waals surface area contributed by atoms with Crippen molar-refractivity contribution in [2.45, 2.75) is 51.9 Å². The molecule has 0 bridgehead atoms. The second-order valence-corrected chi connectivity index (χ2v) is 9.37. The Labute approximate surface area is 245 Å². The number of nitrogens with one attached hydrogen (secondary N) is 1. The molecule has 0 aliphatic carbocycles. The molecule has 2 saturated heterocycles. The number of pyridine rings is 1. The molecule has 0 spiro atoms. The van der Waals surface area contributed by atoms with E-state index in [-0.39, 0.29) is 26.2 Å². The average molecular weight is 601 g/mol. The standard InChI is InChI=1S/C26H33F3N4O5.C2H6.CH4O/c1-17-3-4-19(30-25(35)32(2)20-5-9-37-22(16-20)26(27,28)29)15-21(17)18-13-23(33-6-10-36-11-7-33)31-24(14-18)38-12-8-34;2*1-2/h3-4,13-15,20,22,34H,5-12,16H2,1-2H3,(H,30,35);1-2H3;2H,1H3.